The molecule has 0 unspecified atom stereocenters. The van der Waals surface area contributed by atoms with E-state index in [1.165, 1.54) is 6.33 Å². The zero-order chi connectivity index (χ0) is 18.7. The third kappa shape index (κ3) is 3.81. The number of rotatable bonds is 5. The van der Waals surface area contributed by atoms with Crippen molar-refractivity contribution in [3.63, 3.8) is 0 Å². The minimum Gasteiger partial charge on any atom is -0.333 e. The van der Waals surface area contributed by atoms with Gasteiger partial charge in [-0.1, -0.05) is 35.3 Å². The molecule has 0 atom stereocenters. The Kier molecular flexibility index (Phi) is 5.15. The number of hydrogen-bond donors (Lipinski definition) is 2. The van der Waals surface area contributed by atoms with Crippen molar-refractivity contribution in [2.24, 2.45) is 0 Å². The van der Waals surface area contributed by atoms with Gasteiger partial charge in [0.2, 0.25) is 11.6 Å². The van der Waals surface area contributed by atoms with Crippen LogP contribution in [0.5, 0.6) is 0 Å². The molecule has 2 N–H and O–H groups in total. The van der Waals surface area contributed by atoms with Crippen LogP contribution in [0.4, 0.5) is 28.8 Å². The third-order valence-electron chi connectivity index (χ3n) is 3.37. The first kappa shape index (κ1) is 17.8. The summed E-state index contributed by atoms with van der Waals surface area (Å²) in [4.78, 5) is 23.1. The smallest absolute Gasteiger partial charge is 0.333 e. The van der Waals surface area contributed by atoms with E-state index in [-0.39, 0.29) is 22.3 Å². The van der Waals surface area contributed by atoms with E-state index in [0.29, 0.717) is 16.5 Å². The summed E-state index contributed by atoms with van der Waals surface area (Å²) < 4.78 is 0. The maximum atomic E-state index is 11.6. The Morgan fingerprint density at radius 1 is 1.04 bits per heavy atom. The fraction of sp³-hybridized carbons (Fsp3) is 0.0625. The number of aryl methyl sites for hydroxylation is 1. The van der Waals surface area contributed by atoms with Crippen LogP contribution in [-0.2, 0) is 0 Å². The molecule has 0 saturated heterocycles. The number of nitro groups is 1. The Hall–Kier alpha value is -2.97. The zero-order valence-corrected chi connectivity index (χ0v) is 14.9. The lowest BCUT2D eigenvalue weighted by molar-refractivity contribution is -0.383. The number of benzene rings is 1. The van der Waals surface area contributed by atoms with Gasteiger partial charge in [-0.15, -0.1) is 0 Å². The predicted molar refractivity (Wildman–Crippen MR) is 101 cm³/mol. The lowest BCUT2D eigenvalue weighted by Crippen LogP contribution is -2.06. The Balaban J connectivity index is 1.99. The van der Waals surface area contributed by atoms with E-state index in [1.807, 2.05) is 13.0 Å². The normalized spacial score (nSPS) is 10.4. The van der Waals surface area contributed by atoms with E-state index in [2.05, 4.69) is 25.6 Å². The quantitative estimate of drug-likeness (QED) is 0.472. The molecule has 26 heavy (non-hydrogen) atoms. The van der Waals surface area contributed by atoms with E-state index in [0.717, 1.165) is 5.56 Å². The predicted octanol–water partition coefficient (Wildman–Crippen LogP) is 4.88. The van der Waals surface area contributed by atoms with Gasteiger partial charge in [-0.3, -0.25) is 10.1 Å². The van der Waals surface area contributed by atoms with Gasteiger partial charge in [-0.05, 0) is 30.7 Å². The standard InChI is InChI=1S/C16H12Cl2N6O2/c1-9-5-6-12(19-7-9)23-16-14(24(25)26)15(20-8-21-16)22-11-4-2-3-10(17)13(11)18/h2-8H,1H3,(H2,19,20,21,22,23). The monoisotopic (exact) mass is 390 g/mol. The maximum absolute atomic E-state index is 11.6. The summed E-state index contributed by atoms with van der Waals surface area (Å²) in [7, 11) is 0. The van der Waals surface area contributed by atoms with E-state index in [1.54, 1.807) is 30.5 Å². The minimum absolute atomic E-state index is 0.00186. The first-order valence-corrected chi connectivity index (χ1v) is 8.11. The van der Waals surface area contributed by atoms with Gasteiger partial charge in [0.15, 0.2) is 0 Å². The molecule has 8 nitrogen and oxygen atoms in total. The SMILES string of the molecule is Cc1ccc(Nc2ncnc(Nc3cccc(Cl)c3Cl)c2[N+](=O)[O-])nc1. The van der Waals surface area contributed by atoms with Crippen molar-refractivity contribution < 1.29 is 4.92 Å². The van der Waals surface area contributed by atoms with Crippen molar-refractivity contribution in [3.8, 4) is 0 Å². The molecule has 132 valence electrons. The fourth-order valence-corrected chi connectivity index (χ4v) is 2.47. The van der Waals surface area contributed by atoms with Crippen LogP contribution in [0, 0.1) is 17.0 Å². The van der Waals surface area contributed by atoms with Gasteiger partial charge < -0.3 is 10.6 Å². The van der Waals surface area contributed by atoms with Gasteiger partial charge >= 0.3 is 5.69 Å². The molecule has 0 aliphatic carbocycles. The van der Waals surface area contributed by atoms with Crippen molar-refractivity contribution >= 4 is 52.0 Å². The third-order valence-corrected chi connectivity index (χ3v) is 4.19. The average molecular weight is 391 g/mol. The summed E-state index contributed by atoms with van der Waals surface area (Å²) in [5.74, 6) is 0.398. The van der Waals surface area contributed by atoms with Crippen LogP contribution in [0.2, 0.25) is 10.0 Å². The second-order valence-corrected chi connectivity index (χ2v) is 6.03. The highest BCUT2D eigenvalue weighted by atomic mass is 35.5. The zero-order valence-electron chi connectivity index (χ0n) is 13.4. The van der Waals surface area contributed by atoms with E-state index >= 15 is 0 Å². The van der Waals surface area contributed by atoms with Gasteiger partial charge in [-0.2, -0.15) is 0 Å². The summed E-state index contributed by atoms with van der Waals surface area (Å²) in [6, 6.07) is 8.43. The number of nitrogens with zero attached hydrogens (tertiary/aromatic N) is 4. The average Bonchev–Trinajstić information content (AvgIpc) is 2.61. The molecule has 3 rings (SSSR count). The van der Waals surface area contributed by atoms with Crippen LogP contribution in [0.3, 0.4) is 0 Å². The Morgan fingerprint density at radius 2 is 1.77 bits per heavy atom. The number of aromatic nitrogens is 3. The van der Waals surface area contributed by atoms with Crippen molar-refractivity contribution in [1.82, 2.24) is 15.0 Å². The van der Waals surface area contributed by atoms with Crippen molar-refractivity contribution in [1.29, 1.82) is 0 Å². The lowest BCUT2D eigenvalue weighted by atomic mass is 10.3. The summed E-state index contributed by atoms with van der Waals surface area (Å²) in [5, 5.41) is 17.8. The second-order valence-electron chi connectivity index (χ2n) is 5.25. The number of hydrogen-bond acceptors (Lipinski definition) is 7. The van der Waals surface area contributed by atoms with Gasteiger partial charge in [0, 0.05) is 6.20 Å². The molecule has 0 aliphatic rings. The highest BCUT2D eigenvalue weighted by Gasteiger charge is 2.24. The van der Waals surface area contributed by atoms with Crippen LogP contribution in [0.1, 0.15) is 5.56 Å². The summed E-state index contributed by atoms with van der Waals surface area (Å²) in [6.45, 7) is 1.89. The summed E-state index contributed by atoms with van der Waals surface area (Å²) >= 11 is 12.1. The molecule has 2 aromatic heterocycles. The molecule has 0 radical (unpaired) electrons. The molecule has 0 aliphatic heterocycles. The summed E-state index contributed by atoms with van der Waals surface area (Å²) in [5.41, 5.74) is 1.01. The Labute approximate surface area is 158 Å². The number of halogens is 2. The van der Waals surface area contributed by atoms with Crippen LogP contribution >= 0.6 is 23.2 Å². The fourth-order valence-electron chi connectivity index (χ4n) is 2.13. The van der Waals surface area contributed by atoms with Crippen LogP contribution in [-0.4, -0.2) is 19.9 Å². The van der Waals surface area contributed by atoms with Crippen LogP contribution in [0.25, 0.3) is 0 Å². The lowest BCUT2D eigenvalue weighted by Gasteiger charge is -2.11. The van der Waals surface area contributed by atoms with E-state index in [4.69, 9.17) is 23.2 Å². The highest BCUT2D eigenvalue weighted by molar-refractivity contribution is 6.43. The molecule has 3 aromatic rings. The topological polar surface area (TPSA) is 106 Å². The number of nitrogens with one attached hydrogen (secondary N) is 2. The molecule has 0 spiro atoms. The van der Waals surface area contributed by atoms with Gasteiger partial charge in [0.05, 0.1) is 20.7 Å². The van der Waals surface area contributed by atoms with E-state index < -0.39 is 4.92 Å². The first-order chi connectivity index (χ1) is 12.5. The highest BCUT2D eigenvalue weighted by Crippen LogP contribution is 2.36. The minimum atomic E-state index is -0.586. The van der Waals surface area contributed by atoms with Crippen LogP contribution in [0.15, 0.2) is 42.9 Å². The number of anilines is 4. The molecule has 0 bridgehead atoms. The molecule has 1 aromatic carbocycles. The summed E-state index contributed by atoms with van der Waals surface area (Å²) in [6.07, 6.45) is 2.84. The van der Waals surface area contributed by atoms with Crippen molar-refractivity contribution in [2.45, 2.75) is 6.92 Å². The molecular formula is C16H12Cl2N6O2. The van der Waals surface area contributed by atoms with Gasteiger partial charge in [-0.25, -0.2) is 15.0 Å². The molecule has 10 heteroatoms. The molecule has 2 heterocycles. The molecule has 0 saturated carbocycles. The van der Waals surface area contributed by atoms with Gasteiger partial charge in [0.25, 0.3) is 0 Å². The molecular weight excluding hydrogens is 379 g/mol. The largest absolute Gasteiger partial charge is 0.353 e. The van der Waals surface area contributed by atoms with Crippen molar-refractivity contribution in [3.05, 3.63) is 68.6 Å². The first-order valence-electron chi connectivity index (χ1n) is 7.36. The van der Waals surface area contributed by atoms with Gasteiger partial charge in [0.1, 0.15) is 12.1 Å². The molecule has 0 fully saturated rings. The van der Waals surface area contributed by atoms with E-state index in [9.17, 15) is 10.1 Å². The maximum Gasteiger partial charge on any atom is 0.353 e. The van der Waals surface area contributed by atoms with Crippen LogP contribution < -0.4 is 10.6 Å². The second kappa shape index (κ2) is 7.51. The Bertz CT molecular complexity index is 965. The Morgan fingerprint density at radius 3 is 2.42 bits per heavy atom. The van der Waals surface area contributed by atoms with Crippen molar-refractivity contribution in [2.75, 3.05) is 10.6 Å². The molecule has 0 amide bonds. The number of pyridine rings is 1.